The molecule has 172 valence electrons. The first-order valence-electron chi connectivity index (χ1n) is 11.1. The summed E-state index contributed by atoms with van der Waals surface area (Å²) in [7, 11) is 0. The zero-order valence-corrected chi connectivity index (χ0v) is 20.1. The average molecular weight is 483 g/mol. The molecule has 0 bridgehead atoms. The number of hydrogen-bond acceptors (Lipinski definition) is 2. The van der Waals surface area contributed by atoms with Gasteiger partial charge in [0.15, 0.2) is 0 Å². The minimum absolute atomic E-state index is 0.121. The highest BCUT2D eigenvalue weighted by Gasteiger charge is 2.30. The first-order chi connectivity index (χ1) is 16.0. The summed E-state index contributed by atoms with van der Waals surface area (Å²) in [5.41, 5.74) is 2.70. The van der Waals surface area contributed by atoms with E-state index >= 15 is 0 Å². The van der Waals surface area contributed by atoms with E-state index in [0.717, 1.165) is 23.1 Å². The Labute approximate surface area is 205 Å². The second-order valence-corrected chi connectivity index (χ2v) is 8.74. The van der Waals surface area contributed by atoms with Gasteiger partial charge in [-0.15, -0.1) is 0 Å². The summed E-state index contributed by atoms with van der Waals surface area (Å²) in [5, 5.41) is 3.82. The highest BCUT2D eigenvalue weighted by atomic mass is 35.5. The smallest absolute Gasteiger partial charge is 0.243 e. The number of carbonyl (C=O) groups excluding carboxylic acids is 2. The molecule has 0 fully saturated rings. The van der Waals surface area contributed by atoms with Crippen molar-refractivity contribution in [2.75, 3.05) is 6.54 Å². The summed E-state index contributed by atoms with van der Waals surface area (Å²) in [6.45, 7) is 2.89. The first kappa shape index (κ1) is 24.8. The van der Waals surface area contributed by atoms with Crippen LogP contribution in [0.25, 0.3) is 0 Å². The zero-order valence-electron chi connectivity index (χ0n) is 18.6. The van der Waals surface area contributed by atoms with E-state index in [-0.39, 0.29) is 18.2 Å². The van der Waals surface area contributed by atoms with Crippen molar-refractivity contribution >= 4 is 35.0 Å². The summed E-state index contributed by atoms with van der Waals surface area (Å²) in [6, 6.07) is 24.0. The van der Waals surface area contributed by atoms with Gasteiger partial charge in [-0.2, -0.15) is 0 Å². The monoisotopic (exact) mass is 482 g/mol. The quantitative estimate of drug-likeness (QED) is 0.402. The molecule has 0 unspecified atom stereocenters. The maximum absolute atomic E-state index is 13.6. The predicted molar refractivity (Wildman–Crippen MR) is 134 cm³/mol. The molecule has 0 saturated carbocycles. The third-order valence-corrected chi connectivity index (χ3v) is 6.09. The summed E-state index contributed by atoms with van der Waals surface area (Å²) >= 11 is 12.2. The number of nitrogens with zero attached hydrogens (tertiary/aromatic N) is 1. The summed E-state index contributed by atoms with van der Waals surface area (Å²) in [4.78, 5) is 28.5. The van der Waals surface area contributed by atoms with Crippen molar-refractivity contribution in [1.29, 1.82) is 0 Å². The highest BCUT2D eigenvalue weighted by molar-refractivity contribution is 6.42. The maximum Gasteiger partial charge on any atom is 0.243 e. The van der Waals surface area contributed by atoms with Gasteiger partial charge < -0.3 is 10.2 Å². The third kappa shape index (κ3) is 7.34. The van der Waals surface area contributed by atoms with Crippen molar-refractivity contribution in [3.63, 3.8) is 0 Å². The Morgan fingerprint density at radius 1 is 0.848 bits per heavy atom. The Bertz CT molecular complexity index is 1060. The minimum atomic E-state index is -0.644. The molecular formula is C27H28Cl2N2O2. The fourth-order valence-electron chi connectivity index (χ4n) is 3.63. The van der Waals surface area contributed by atoms with Gasteiger partial charge in [-0.1, -0.05) is 96.9 Å². The van der Waals surface area contributed by atoms with E-state index in [2.05, 4.69) is 5.32 Å². The normalized spacial score (nSPS) is 11.6. The highest BCUT2D eigenvalue weighted by Crippen LogP contribution is 2.24. The van der Waals surface area contributed by atoms with E-state index in [1.807, 2.05) is 67.6 Å². The minimum Gasteiger partial charge on any atom is -0.354 e. The van der Waals surface area contributed by atoms with E-state index in [4.69, 9.17) is 23.2 Å². The Hall–Kier alpha value is -2.82. The molecule has 3 rings (SSSR count). The van der Waals surface area contributed by atoms with Gasteiger partial charge in [-0.25, -0.2) is 0 Å². The van der Waals surface area contributed by atoms with Crippen LogP contribution in [-0.2, 0) is 29.0 Å². The van der Waals surface area contributed by atoms with Crippen molar-refractivity contribution in [3.8, 4) is 0 Å². The summed E-state index contributed by atoms with van der Waals surface area (Å²) in [5.74, 6) is -0.302. The second-order valence-electron chi connectivity index (χ2n) is 7.93. The number of halogens is 2. The topological polar surface area (TPSA) is 49.4 Å². The third-order valence-electron chi connectivity index (χ3n) is 5.36. The molecule has 4 nitrogen and oxygen atoms in total. The van der Waals surface area contributed by atoms with Crippen molar-refractivity contribution in [1.82, 2.24) is 10.2 Å². The van der Waals surface area contributed by atoms with Crippen LogP contribution in [0, 0.1) is 0 Å². The predicted octanol–water partition coefficient (Wildman–Crippen LogP) is 5.70. The largest absolute Gasteiger partial charge is 0.354 e. The molecule has 33 heavy (non-hydrogen) atoms. The van der Waals surface area contributed by atoms with Crippen LogP contribution in [0.3, 0.4) is 0 Å². The number of carbonyl (C=O) groups is 2. The average Bonchev–Trinajstić information content (AvgIpc) is 2.83. The molecule has 3 aromatic rings. The molecule has 6 heteroatoms. The van der Waals surface area contributed by atoms with Crippen LogP contribution in [-0.4, -0.2) is 29.3 Å². The molecule has 0 aromatic heterocycles. The molecule has 1 N–H and O–H groups in total. The molecule has 3 aromatic carbocycles. The molecular weight excluding hydrogens is 455 g/mol. The number of nitrogens with one attached hydrogen (secondary N) is 1. The van der Waals surface area contributed by atoms with Crippen LogP contribution in [0.2, 0.25) is 10.0 Å². The molecule has 0 aliphatic heterocycles. The van der Waals surface area contributed by atoms with Crippen LogP contribution < -0.4 is 5.32 Å². The van der Waals surface area contributed by atoms with Gasteiger partial charge in [0.2, 0.25) is 11.8 Å². The van der Waals surface area contributed by atoms with Gasteiger partial charge in [0.25, 0.3) is 0 Å². The van der Waals surface area contributed by atoms with E-state index in [1.54, 1.807) is 23.1 Å². The Morgan fingerprint density at radius 2 is 1.48 bits per heavy atom. The molecule has 0 aliphatic rings. The van der Waals surface area contributed by atoms with Gasteiger partial charge in [-0.3, -0.25) is 9.59 Å². The van der Waals surface area contributed by atoms with E-state index < -0.39 is 6.04 Å². The Kier molecular flexibility index (Phi) is 9.35. The van der Waals surface area contributed by atoms with Crippen molar-refractivity contribution < 1.29 is 9.59 Å². The fraction of sp³-hybridized carbons (Fsp3) is 0.259. The SMILES string of the molecule is CCCNC(=O)[C@@H](Cc1ccccc1)N(Cc1ccccc1)C(=O)Cc1ccc(Cl)c(Cl)c1. The first-order valence-corrected chi connectivity index (χ1v) is 11.8. The molecule has 2 amide bonds. The van der Waals surface area contributed by atoms with Gasteiger partial charge >= 0.3 is 0 Å². The van der Waals surface area contributed by atoms with E-state index in [0.29, 0.717) is 29.6 Å². The summed E-state index contributed by atoms with van der Waals surface area (Å²) in [6.07, 6.45) is 1.37. The Morgan fingerprint density at radius 3 is 2.09 bits per heavy atom. The standard InChI is InChI=1S/C27H28Cl2N2O2/c1-2-15-30-27(33)25(17-20-9-5-3-6-10-20)31(19-21-11-7-4-8-12-21)26(32)18-22-13-14-23(28)24(29)16-22/h3-14,16,25H,2,15,17-19H2,1H3,(H,30,33)/t25-/m1/s1. The van der Waals surface area contributed by atoms with Crippen LogP contribution >= 0.6 is 23.2 Å². The van der Waals surface area contributed by atoms with Crippen LogP contribution in [0.5, 0.6) is 0 Å². The maximum atomic E-state index is 13.6. The van der Waals surface area contributed by atoms with Crippen LogP contribution in [0.1, 0.15) is 30.0 Å². The lowest BCUT2D eigenvalue weighted by molar-refractivity contribution is -0.140. The van der Waals surface area contributed by atoms with Gasteiger partial charge in [0.05, 0.1) is 16.5 Å². The number of benzene rings is 3. The van der Waals surface area contributed by atoms with E-state index in [1.165, 1.54) is 0 Å². The fourth-order valence-corrected chi connectivity index (χ4v) is 3.95. The van der Waals surface area contributed by atoms with Gasteiger partial charge in [-0.05, 0) is 35.2 Å². The van der Waals surface area contributed by atoms with Crippen molar-refractivity contribution in [3.05, 3.63) is 106 Å². The van der Waals surface area contributed by atoms with Crippen molar-refractivity contribution in [2.24, 2.45) is 0 Å². The lowest BCUT2D eigenvalue weighted by Crippen LogP contribution is -2.51. The summed E-state index contributed by atoms with van der Waals surface area (Å²) < 4.78 is 0. The molecule has 0 radical (unpaired) electrons. The Balaban J connectivity index is 1.93. The van der Waals surface area contributed by atoms with Gasteiger partial charge in [0.1, 0.15) is 6.04 Å². The number of hydrogen-bond donors (Lipinski definition) is 1. The molecule has 0 spiro atoms. The van der Waals surface area contributed by atoms with Crippen LogP contribution in [0.15, 0.2) is 78.9 Å². The number of rotatable bonds is 10. The lowest BCUT2D eigenvalue weighted by Gasteiger charge is -2.31. The number of amides is 2. The second kappa shape index (κ2) is 12.4. The van der Waals surface area contributed by atoms with Gasteiger partial charge in [0, 0.05) is 19.5 Å². The molecule has 1 atom stereocenters. The zero-order chi connectivity index (χ0) is 23.6. The molecule has 0 heterocycles. The molecule has 0 saturated heterocycles. The van der Waals surface area contributed by atoms with Crippen molar-refractivity contribution in [2.45, 2.75) is 38.8 Å². The van der Waals surface area contributed by atoms with E-state index in [9.17, 15) is 9.59 Å². The molecule has 0 aliphatic carbocycles. The lowest BCUT2D eigenvalue weighted by atomic mass is 10.0. The van der Waals surface area contributed by atoms with Crippen LogP contribution in [0.4, 0.5) is 0 Å².